The molecule has 0 aromatic carbocycles. The molecule has 1 aromatic rings. The minimum absolute atomic E-state index is 0.0308. The second kappa shape index (κ2) is 4.63. The minimum Gasteiger partial charge on any atom is -0.446 e. The van der Waals surface area contributed by atoms with Crippen molar-refractivity contribution in [3.63, 3.8) is 0 Å². The topological polar surface area (TPSA) is 78.6 Å². The maximum Gasteiger partial charge on any atom is 0.247 e. The first kappa shape index (κ1) is 11.1. The van der Waals surface area contributed by atoms with Crippen molar-refractivity contribution in [1.82, 2.24) is 15.2 Å². The monoisotopic (exact) mass is 225 g/mol. The summed E-state index contributed by atoms with van der Waals surface area (Å²) < 4.78 is 5.25. The average Bonchev–Trinajstić information content (AvgIpc) is 2.69. The molecule has 16 heavy (non-hydrogen) atoms. The van der Waals surface area contributed by atoms with Crippen LogP contribution in [0.2, 0.25) is 0 Å². The average molecular weight is 225 g/mol. The van der Waals surface area contributed by atoms with E-state index in [1.807, 2.05) is 0 Å². The van der Waals surface area contributed by atoms with E-state index in [-0.39, 0.29) is 12.5 Å². The molecule has 1 atom stereocenters. The van der Waals surface area contributed by atoms with Crippen molar-refractivity contribution in [1.29, 1.82) is 0 Å². The fourth-order valence-corrected chi connectivity index (χ4v) is 1.94. The summed E-state index contributed by atoms with van der Waals surface area (Å²) in [6.45, 7) is 0.884. The molecule has 1 aliphatic rings. The molecule has 6 nitrogen and oxygen atoms in total. The minimum atomic E-state index is -0.494. The third-order valence-corrected chi connectivity index (χ3v) is 2.77. The number of nitrogens with zero attached hydrogens (tertiary/aromatic N) is 2. The predicted molar refractivity (Wildman–Crippen MR) is 55.7 cm³/mol. The highest BCUT2D eigenvalue weighted by atomic mass is 16.3. The Morgan fingerprint density at radius 2 is 2.56 bits per heavy atom. The van der Waals surface area contributed by atoms with Crippen molar-refractivity contribution < 1.29 is 14.3 Å². The van der Waals surface area contributed by atoms with Crippen LogP contribution < -0.4 is 5.32 Å². The van der Waals surface area contributed by atoms with E-state index in [9.17, 15) is 4.79 Å². The van der Waals surface area contributed by atoms with E-state index in [1.54, 1.807) is 11.9 Å². The summed E-state index contributed by atoms with van der Waals surface area (Å²) in [5.41, 5.74) is 0.813. The first-order valence-electron chi connectivity index (χ1n) is 5.27. The summed E-state index contributed by atoms with van der Waals surface area (Å²) in [7, 11) is 1.71. The Morgan fingerprint density at radius 3 is 3.25 bits per heavy atom. The number of β-amino-alcohol motifs (C(OH)–C–C–N with tert-alkyl or cyclic N) is 1. The summed E-state index contributed by atoms with van der Waals surface area (Å²) in [4.78, 5) is 17.8. The Morgan fingerprint density at radius 1 is 1.75 bits per heavy atom. The molecule has 2 N–H and O–H groups in total. The lowest BCUT2D eigenvalue weighted by molar-refractivity contribution is -0.134. The Labute approximate surface area is 93.3 Å². The standard InChI is InChI=1S/C10H15N3O3/c1-11-8-9-7(12-6-16-9)2-3-13(4-5-14)10(8)15/h6,8,11,14H,2-5H2,1H3. The van der Waals surface area contributed by atoms with Gasteiger partial charge in [0, 0.05) is 19.5 Å². The zero-order chi connectivity index (χ0) is 11.5. The highest BCUT2D eigenvalue weighted by Crippen LogP contribution is 2.23. The maximum atomic E-state index is 12.1. The van der Waals surface area contributed by atoms with Gasteiger partial charge in [0.05, 0.1) is 12.3 Å². The number of hydrogen-bond acceptors (Lipinski definition) is 5. The molecule has 2 heterocycles. The van der Waals surface area contributed by atoms with Gasteiger partial charge in [0.25, 0.3) is 0 Å². The number of aliphatic hydroxyl groups excluding tert-OH is 1. The number of hydrogen-bond donors (Lipinski definition) is 2. The van der Waals surface area contributed by atoms with Gasteiger partial charge in [-0.3, -0.25) is 4.79 Å². The van der Waals surface area contributed by atoms with Crippen LogP contribution in [0.5, 0.6) is 0 Å². The van der Waals surface area contributed by atoms with Gasteiger partial charge >= 0.3 is 0 Å². The second-order valence-corrected chi connectivity index (χ2v) is 3.68. The molecule has 6 heteroatoms. The number of carbonyl (C=O) groups is 1. The van der Waals surface area contributed by atoms with Gasteiger partial charge in [-0.2, -0.15) is 0 Å². The fourth-order valence-electron chi connectivity index (χ4n) is 1.94. The van der Waals surface area contributed by atoms with Gasteiger partial charge in [-0.05, 0) is 7.05 Å². The van der Waals surface area contributed by atoms with Crippen LogP contribution in [0.1, 0.15) is 17.5 Å². The summed E-state index contributed by atoms with van der Waals surface area (Å²) in [5.74, 6) is 0.514. The smallest absolute Gasteiger partial charge is 0.247 e. The third kappa shape index (κ3) is 1.81. The lowest BCUT2D eigenvalue weighted by Gasteiger charge is -2.22. The van der Waals surface area contributed by atoms with Crippen LogP contribution in [0, 0.1) is 0 Å². The predicted octanol–water partition coefficient (Wildman–Crippen LogP) is -0.688. The van der Waals surface area contributed by atoms with E-state index >= 15 is 0 Å². The molecule has 0 radical (unpaired) electrons. The molecular formula is C10H15N3O3. The molecular weight excluding hydrogens is 210 g/mol. The summed E-state index contributed by atoms with van der Waals surface area (Å²) in [5, 5.41) is 11.8. The number of nitrogens with one attached hydrogen (secondary N) is 1. The molecule has 0 saturated carbocycles. The van der Waals surface area contributed by atoms with Gasteiger partial charge in [0.1, 0.15) is 6.04 Å². The van der Waals surface area contributed by atoms with Gasteiger partial charge < -0.3 is 19.7 Å². The van der Waals surface area contributed by atoms with Crippen molar-refractivity contribution in [2.75, 3.05) is 26.7 Å². The van der Waals surface area contributed by atoms with Crippen LogP contribution in [0.25, 0.3) is 0 Å². The maximum absolute atomic E-state index is 12.1. The molecule has 0 aliphatic carbocycles. The molecule has 1 unspecified atom stereocenters. The Bertz CT molecular complexity index is 377. The van der Waals surface area contributed by atoms with E-state index in [4.69, 9.17) is 9.52 Å². The first-order chi connectivity index (χ1) is 7.77. The molecule has 0 fully saturated rings. The number of likely N-dealkylation sites (N-methyl/N-ethyl adjacent to an activating group) is 1. The van der Waals surface area contributed by atoms with Gasteiger partial charge in [-0.15, -0.1) is 0 Å². The third-order valence-electron chi connectivity index (χ3n) is 2.77. The van der Waals surface area contributed by atoms with Gasteiger partial charge in [0.15, 0.2) is 12.2 Å². The number of aromatic nitrogens is 1. The number of aliphatic hydroxyl groups is 1. The summed E-state index contributed by atoms with van der Waals surface area (Å²) in [6.07, 6.45) is 2.03. The van der Waals surface area contributed by atoms with E-state index in [0.717, 1.165) is 5.69 Å². The molecule has 0 spiro atoms. The van der Waals surface area contributed by atoms with Crippen LogP contribution >= 0.6 is 0 Å². The van der Waals surface area contributed by atoms with Gasteiger partial charge in [0.2, 0.25) is 5.91 Å². The molecule has 88 valence electrons. The first-order valence-corrected chi connectivity index (χ1v) is 5.27. The molecule has 0 bridgehead atoms. The highest BCUT2D eigenvalue weighted by molar-refractivity contribution is 5.83. The molecule has 1 aliphatic heterocycles. The largest absolute Gasteiger partial charge is 0.446 e. The zero-order valence-electron chi connectivity index (χ0n) is 9.14. The van der Waals surface area contributed by atoms with Crippen LogP contribution in [0.3, 0.4) is 0 Å². The Hall–Kier alpha value is -1.40. The van der Waals surface area contributed by atoms with Crippen molar-refractivity contribution >= 4 is 5.91 Å². The van der Waals surface area contributed by atoms with Crippen molar-refractivity contribution in [3.8, 4) is 0 Å². The summed E-state index contributed by atoms with van der Waals surface area (Å²) in [6, 6.07) is -0.494. The molecule has 1 aromatic heterocycles. The van der Waals surface area contributed by atoms with Crippen molar-refractivity contribution in [2.45, 2.75) is 12.5 Å². The van der Waals surface area contributed by atoms with Crippen molar-refractivity contribution in [3.05, 3.63) is 17.8 Å². The number of oxazole rings is 1. The van der Waals surface area contributed by atoms with Crippen molar-refractivity contribution in [2.24, 2.45) is 0 Å². The number of carbonyl (C=O) groups excluding carboxylic acids is 1. The number of rotatable bonds is 3. The fraction of sp³-hybridized carbons (Fsp3) is 0.600. The van der Waals surface area contributed by atoms with Crippen LogP contribution in [0.4, 0.5) is 0 Å². The molecule has 1 amide bonds. The lowest BCUT2D eigenvalue weighted by atomic mass is 10.1. The van der Waals surface area contributed by atoms with Gasteiger partial charge in [-0.1, -0.05) is 0 Å². The van der Waals surface area contributed by atoms with E-state index in [0.29, 0.717) is 25.3 Å². The lowest BCUT2D eigenvalue weighted by Crippen LogP contribution is -2.40. The second-order valence-electron chi connectivity index (χ2n) is 3.68. The zero-order valence-corrected chi connectivity index (χ0v) is 9.14. The van der Waals surface area contributed by atoms with Crippen LogP contribution in [-0.2, 0) is 11.2 Å². The van der Waals surface area contributed by atoms with E-state index < -0.39 is 6.04 Å². The molecule has 0 saturated heterocycles. The SMILES string of the molecule is CNC1C(=O)N(CCO)CCc2ncoc21. The van der Waals surface area contributed by atoms with Crippen LogP contribution in [-0.4, -0.2) is 47.6 Å². The summed E-state index contributed by atoms with van der Waals surface area (Å²) >= 11 is 0. The van der Waals surface area contributed by atoms with Crippen LogP contribution in [0.15, 0.2) is 10.8 Å². The number of amides is 1. The highest BCUT2D eigenvalue weighted by Gasteiger charge is 2.32. The molecule has 2 rings (SSSR count). The normalized spacial score (nSPS) is 20.8. The van der Waals surface area contributed by atoms with Gasteiger partial charge in [-0.25, -0.2) is 4.98 Å². The Balaban J connectivity index is 2.28. The van der Waals surface area contributed by atoms with E-state index in [2.05, 4.69) is 10.3 Å². The number of fused-ring (bicyclic) bond motifs is 1. The Kier molecular flexibility index (Phi) is 3.21. The van der Waals surface area contributed by atoms with E-state index in [1.165, 1.54) is 6.39 Å². The quantitative estimate of drug-likeness (QED) is 0.712.